The maximum Gasteiger partial charge on any atom is 0.494 e. The fourth-order valence-electron chi connectivity index (χ4n) is 3.63. The van der Waals surface area contributed by atoms with Gasteiger partial charge in [0, 0.05) is 21.3 Å². The Balaban J connectivity index is 0.00000182. The van der Waals surface area contributed by atoms with Crippen molar-refractivity contribution in [1.82, 2.24) is 0 Å². The molecule has 4 aromatic carbocycles. The lowest BCUT2D eigenvalue weighted by molar-refractivity contribution is 0.292. The highest BCUT2D eigenvalue weighted by atomic mass is 16.6. The van der Waals surface area contributed by atoms with Crippen LogP contribution in [0.4, 0.5) is 0 Å². The molecule has 0 unspecified atom stereocenters. The Morgan fingerprint density at radius 1 is 0.720 bits per heavy atom. The average Bonchev–Trinajstić information content (AvgIpc) is 2.63. The molecule has 0 saturated heterocycles. The number of benzene rings is 4. The molecular formula is C20H21B2O3. The number of hydrogen-bond acceptors (Lipinski definition) is 3. The van der Waals surface area contributed by atoms with Gasteiger partial charge in [-0.15, -0.1) is 0 Å². The molecule has 0 atom stereocenters. The van der Waals surface area contributed by atoms with Crippen LogP contribution in [0.2, 0.25) is 0 Å². The molecule has 125 valence electrons. The Morgan fingerprint density at radius 2 is 1.28 bits per heavy atom. The van der Waals surface area contributed by atoms with Crippen LogP contribution in [-0.2, 0) is 14.0 Å². The highest BCUT2D eigenvalue weighted by Gasteiger charge is 2.22. The van der Waals surface area contributed by atoms with E-state index in [1.54, 1.807) is 28.8 Å². The van der Waals surface area contributed by atoms with Crippen LogP contribution in [-0.4, -0.2) is 35.9 Å². The molecule has 0 bridgehead atoms. The molecule has 0 aliphatic heterocycles. The van der Waals surface area contributed by atoms with E-state index in [-0.39, 0.29) is 14.5 Å². The van der Waals surface area contributed by atoms with E-state index in [0.29, 0.717) is 0 Å². The van der Waals surface area contributed by atoms with Gasteiger partial charge in [0.15, 0.2) is 0 Å². The van der Waals surface area contributed by atoms with Crippen molar-refractivity contribution in [1.29, 1.82) is 0 Å². The third-order valence-corrected chi connectivity index (χ3v) is 4.66. The summed E-state index contributed by atoms with van der Waals surface area (Å²) in [6, 6.07) is 17.1. The molecule has 5 heteroatoms. The van der Waals surface area contributed by atoms with Crippen LogP contribution in [0.5, 0.6) is 0 Å². The van der Waals surface area contributed by atoms with Crippen molar-refractivity contribution in [2.45, 2.75) is 7.43 Å². The molecule has 0 aliphatic rings. The van der Waals surface area contributed by atoms with Crippen molar-refractivity contribution < 1.29 is 14.0 Å². The average molecular weight is 331 g/mol. The predicted molar refractivity (Wildman–Crippen MR) is 109 cm³/mol. The second kappa shape index (κ2) is 7.04. The first kappa shape index (κ1) is 17.7. The lowest BCUT2D eigenvalue weighted by atomic mass is 9.73. The molecule has 0 aliphatic carbocycles. The summed E-state index contributed by atoms with van der Waals surface area (Å²) < 4.78 is 16.2. The molecule has 0 fully saturated rings. The summed E-state index contributed by atoms with van der Waals surface area (Å²) in [4.78, 5) is 0. The molecular weight excluding hydrogens is 310 g/mol. The summed E-state index contributed by atoms with van der Waals surface area (Å²) in [5.74, 6) is 0. The minimum absolute atomic E-state index is 0. The van der Waals surface area contributed by atoms with Crippen molar-refractivity contribution in [3.63, 3.8) is 0 Å². The van der Waals surface area contributed by atoms with Crippen molar-refractivity contribution >= 4 is 57.8 Å². The first-order valence-electron chi connectivity index (χ1n) is 7.90. The van der Waals surface area contributed by atoms with Gasteiger partial charge < -0.3 is 14.0 Å². The topological polar surface area (TPSA) is 27.7 Å². The van der Waals surface area contributed by atoms with Gasteiger partial charge in [0.05, 0.1) is 0 Å². The molecule has 0 N–H and O–H groups in total. The van der Waals surface area contributed by atoms with Crippen LogP contribution in [0.1, 0.15) is 7.43 Å². The van der Waals surface area contributed by atoms with Crippen molar-refractivity contribution in [2.24, 2.45) is 0 Å². The smallest absolute Gasteiger partial charge is 0.437 e. The van der Waals surface area contributed by atoms with Gasteiger partial charge in [0.2, 0.25) is 0 Å². The van der Waals surface area contributed by atoms with Gasteiger partial charge in [0.1, 0.15) is 0 Å². The first-order valence-corrected chi connectivity index (χ1v) is 7.90. The molecule has 25 heavy (non-hydrogen) atoms. The van der Waals surface area contributed by atoms with Crippen LogP contribution in [0.15, 0.2) is 48.5 Å². The van der Waals surface area contributed by atoms with E-state index in [0.717, 1.165) is 16.3 Å². The van der Waals surface area contributed by atoms with Crippen molar-refractivity contribution in [2.75, 3.05) is 21.3 Å². The molecule has 0 amide bonds. The zero-order valence-corrected chi connectivity index (χ0v) is 14.0. The van der Waals surface area contributed by atoms with Crippen LogP contribution in [0.25, 0.3) is 32.3 Å². The van der Waals surface area contributed by atoms with E-state index < -0.39 is 0 Å². The lowest BCUT2D eigenvalue weighted by Crippen LogP contribution is -2.35. The normalized spacial score (nSPS) is 11.2. The van der Waals surface area contributed by atoms with Crippen LogP contribution < -0.4 is 10.9 Å². The fourth-order valence-corrected chi connectivity index (χ4v) is 3.63. The van der Waals surface area contributed by atoms with Gasteiger partial charge in [-0.3, -0.25) is 0 Å². The summed E-state index contributed by atoms with van der Waals surface area (Å²) in [6.45, 7) is 0. The molecule has 4 rings (SSSR count). The maximum absolute atomic E-state index is 5.49. The Labute approximate surface area is 149 Å². The van der Waals surface area contributed by atoms with Crippen molar-refractivity contribution in [3.8, 4) is 0 Å². The molecule has 0 aromatic heterocycles. The standard InChI is InChI=1S/C19H17B2O3.CH4/c1-22-20-16-10-6-12-5-9-15-17(21(23-2)24-3)11-7-13-4-8-14(16)18(12)19(13)15;/h4-11H,1-3H3;1H4. The van der Waals surface area contributed by atoms with Gasteiger partial charge in [-0.1, -0.05) is 56.0 Å². The molecule has 1 radical (unpaired) electrons. The Morgan fingerprint density at radius 3 is 1.92 bits per heavy atom. The van der Waals surface area contributed by atoms with Crippen LogP contribution in [0.3, 0.4) is 0 Å². The molecule has 0 saturated carbocycles. The fraction of sp³-hybridized carbons (Fsp3) is 0.200. The van der Waals surface area contributed by atoms with E-state index in [2.05, 4.69) is 48.5 Å². The van der Waals surface area contributed by atoms with Crippen molar-refractivity contribution in [3.05, 3.63) is 48.5 Å². The Kier molecular flexibility index (Phi) is 5.00. The SMILES string of the molecule is C.CO[B]c1ccc2ccc3c(B(OC)OC)ccc4ccc1c2c43. The highest BCUT2D eigenvalue weighted by Crippen LogP contribution is 2.33. The zero-order valence-electron chi connectivity index (χ0n) is 14.0. The largest absolute Gasteiger partial charge is 0.494 e. The Hall–Kier alpha value is -2.07. The minimum atomic E-state index is -0.375. The number of hydrogen-bond donors (Lipinski definition) is 0. The van der Waals surface area contributed by atoms with E-state index >= 15 is 0 Å². The summed E-state index contributed by atoms with van der Waals surface area (Å²) in [5.41, 5.74) is 2.13. The maximum atomic E-state index is 5.49. The predicted octanol–water partition coefficient (Wildman–Crippen LogP) is 3.10. The van der Waals surface area contributed by atoms with Crippen LogP contribution in [0, 0.1) is 0 Å². The van der Waals surface area contributed by atoms with Gasteiger partial charge in [0.25, 0.3) is 0 Å². The van der Waals surface area contributed by atoms with Crippen LogP contribution >= 0.6 is 0 Å². The Bertz CT molecular complexity index is 1010. The van der Waals surface area contributed by atoms with E-state index in [4.69, 9.17) is 14.0 Å². The molecule has 0 heterocycles. The van der Waals surface area contributed by atoms with E-state index in [1.165, 1.54) is 26.9 Å². The zero-order chi connectivity index (χ0) is 16.7. The van der Waals surface area contributed by atoms with Gasteiger partial charge in [-0.05, 0) is 43.2 Å². The summed E-state index contributed by atoms with van der Waals surface area (Å²) in [5, 5.41) is 7.29. The third kappa shape index (κ3) is 2.69. The monoisotopic (exact) mass is 331 g/mol. The lowest BCUT2D eigenvalue weighted by Gasteiger charge is -2.17. The van der Waals surface area contributed by atoms with Gasteiger partial charge in [-0.25, -0.2) is 0 Å². The first-order chi connectivity index (χ1) is 11.8. The molecule has 4 aromatic rings. The highest BCUT2D eigenvalue weighted by molar-refractivity contribution is 6.65. The summed E-state index contributed by atoms with van der Waals surface area (Å²) in [6.07, 6.45) is 0. The quantitative estimate of drug-likeness (QED) is 0.416. The second-order valence-corrected chi connectivity index (χ2v) is 5.89. The molecule has 0 spiro atoms. The minimum Gasteiger partial charge on any atom is -0.437 e. The van der Waals surface area contributed by atoms with Gasteiger partial charge >= 0.3 is 14.6 Å². The second-order valence-electron chi connectivity index (χ2n) is 5.89. The van der Waals surface area contributed by atoms with E-state index in [1.807, 2.05) is 0 Å². The number of rotatable bonds is 5. The van der Waals surface area contributed by atoms with Gasteiger partial charge in [-0.2, -0.15) is 0 Å². The molecule has 3 nitrogen and oxygen atoms in total. The summed E-state index contributed by atoms with van der Waals surface area (Å²) >= 11 is 0. The summed E-state index contributed by atoms with van der Waals surface area (Å²) in [7, 11) is 6.42. The third-order valence-electron chi connectivity index (χ3n) is 4.66. The van der Waals surface area contributed by atoms with E-state index in [9.17, 15) is 0 Å².